The van der Waals surface area contributed by atoms with Crippen LogP contribution in [0.4, 0.5) is 9.18 Å². The zero-order valence-electron chi connectivity index (χ0n) is 13.0. The number of rotatable bonds is 3. The van der Waals surface area contributed by atoms with E-state index >= 15 is 0 Å². The lowest BCUT2D eigenvalue weighted by Crippen LogP contribution is -2.54. The third-order valence-corrected chi connectivity index (χ3v) is 4.12. The van der Waals surface area contributed by atoms with Gasteiger partial charge in [0, 0.05) is 19.5 Å². The number of halogens is 1. The van der Waals surface area contributed by atoms with Gasteiger partial charge in [-0.1, -0.05) is 12.1 Å². The highest BCUT2D eigenvalue weighted by Gasteiger charge is 2.31. The first-order valence-corrected chi connectivity index (χ1v) is 7.77. The second-order valence-corrected chi connectivity index (χ2v) is 5.71. The number of nitrogens with zero attached hydrogens (tertiary/aromatic N) is 2. The largest absolute Gasteiger partial charge is 0.370 e. The molecule has 4 amide bonds. The van der Waals surface area contributed by atoms with E-state index in [4.69, 9.17) is 4.74 Å². The molecule has 0 aromatic heterocycles. The number of carbonyl (C=O) groups is 3. The molecule has 2 saturated heterocycles. The smallest absolute Gasteiger partial charge is 0.324 e. The first-order valence-electron chi connectivity index (χ1n) is 7.77. The van der Waals surface area contributed by atoms with Crippen LogP contribution in [0, 0.1) is 5.82 Å². The average molecular weight is 335 g/mol. The summed E-state index contributed by atoms with van der Waals surface area (Å²) >= 11 is 0. The van der Waals surface area contributed by atoms with Gasteiger partial charge in [-0.15, -0.1) is 0 Å². The van der Waals surface area contributed by atoms with Gasteiger partial charge >= 0.3 is 6.03 Å². The first kappa shape index (κ1) is 16.4. The number of morpholine rings is 1. The summed E-state index contributed by atoms with van der Waals surface area (Å²) < 4.78 is 18.7. The summed E-state index contributed by atoms with van der Waals surface area (Å²) in [5.41, 5.74) is 0.778. The highest BCUT2D eigenvalue weighted by atomic mass is 19.1. The van der Waals surface area contributed by atoms with Crippen molar-refractivity contribution in [2.24, 2.45) is 0 Å². The lowest BCUT2D eigenvalue weighted by Gasteiger charge is -2.34. The highest BCUT2D eigenvalue weighted by Crippen LogP contribution is 2.22. The van der Waals surface area contributed by atoms with E-state index in [-0.39, 0.29) is 36.7 Å². The Kier molecular flexibility index (Phi) is 4.75. The van der Waals surface area contributed by atoms with Crippen molar-refractivity contribution in [1.82, 2.24) is 15.1 Å². The van der Waals surface area contributed by atoms with Crippen LogP contribution in [0.25, 0.3) is 0 Å². The Morgan fingerprint density at radius 1 is 1.29 bits per heavy atom. The van der Waals surface area contributed by atoms with Gasteiger partial charge in [0.05, 0.1) is 13.2 Å². The van der Waals surface area contributed by atoms with Gasteiger partial charge in [0.1, 0.15) is 18.5 Å². The molecule has 0 radical (unpaired) electrons. The zero-order valence-corrected chi connectivity index (χ0v) is 13.0. The van der Waals surface area contributed by atoms with Gasteiger partial charge in [-0.25, -0.2) is 9.18 Å². The number of amides is 4. The second kappa shape index (κ2) is 6.96. The average Bonchev–Trinajstić information content (AvgIpc) is 2.59. The number of carbonyl (C=O) groups excluding carboxylic acids is 3. The molecule has 0 bridgehead atoms. The van der Waals surface area contributed by atoms with Gasteiger partial charge in [0.25, 0.3) is 0 Å². The fraction of sp³-hybridized carbons (Fsp3) is 0.438. The second-order valence-electron chi connectivity index (χ2n) is 5.71. The number of urea groups is 1. The normalized spacial score (nSPS) is 21.6. The third-order valence-electron chi connectivity index (χ3n) is 4.12. The molecule has 2 aliphatic heterocycles. The molecular formula is C16H18FN3O4. The standard InChI is InChI=1S/C16H18FN3O4/c17-12-3-1-11(2-4-12)13-9-19(7-8-24-13)15(22)10-20-14(21)5-6-18-16(20)23/h1-4,13H,5-10H2,(H,18,23)/t13-/m0/s1. The Bertz CT molecular complexity index is 633. The summed E-state index contributed by atoms with van der Waals surface area (Å²) in [4.78, 5) is 38.4. The van der Waals surface area contributed by atoms with Crippen LogP contribution in [0.5, 0.6) is 0 Å². The molecular weight excluding hydrogens is 317 g/mol. The van der Waals surface area contributed by atoms with Gasteiger partial charge in [0.2, 0.25) is 11.8 Å². The number of imide groups is 1. The van der Waals surface area contributed by atoms with E-state index in [1.807, 2.05) is 0 Å². The van der Waals surface area contributed by atoms with Gasteiger partial charge < -0.3 is 15.0 Å². The van der Waals surface area contributed by atoms with Crippen molar-refractivity contribution in [1.29, 1.82) is 0 Å². The number of hydrogen-bond acceptors (Lipinski definition) is 4. The number of benzene rings is 1. The molecule has 1 N–H and O–H groups in total. The summed E-state index contributed by atoms with van der Waals surface area (Å²) in [5, 5.41) is 2.55. The van der Waals surface area contributed by atoms with Crippen LogP contribution in [0.3, 0.4) is 0 Å². The third kappa shape index (κ3) is 3.53. The van der Waals surface area contributed by atoms with Crippen LogP contribution >= 0.6 is 0 Å². The fourth-order valence-electron chi connectivity index (χ4n) is 2.77. The summed E-state index contributed by atoms with van der Waals surface area (Å²) in [5.74, 6) is -0.997. The van der Waals surface area contributed by atoms with Crippen LogP contribution in [0.1, 0.15) is 18.1 Å². The summed E-state index contributed by atoms with van der Waals surface area (Å²) in [6.07, 6.45) is -0.158. The highest BCUT2D eigenvalue weighted by molar-refractivity contribution is 6.00. The summed E-state index contributed by atoms with van der Waals surface area (Å²) in [6.45, 7) is 1.05. The monoisotopic (exact) mass is 335 g/mol. The topological polar surface area (TPSA) is 79.0 Å². The molecule has 3 rings (SSSR count). The van der Waals surface area contributed by atoms with Crippen LogP contribution in [-0.2, 0) is 14.3 Å². The molecule has 1 atom stereocenters. The quantitative estimate of drug-likeness (QED) is 0.880. The SMILES string of the molecule is O=C(CN1C(=O)CCNC1=O)N1CCO[C@H](c2ccc(F)cc2)C1. The fourth-order valence-corrected chi connectivity index (χ4v) is 2.77. The maximum absolute atomic E-state index is 13.0. The van der Waals surface area contributed by atoms with E-state index in [9.17, 15) is 18.8 Å². The summed E-state index contributed by atoms with van der Waals surface area (Å²) in [7, 11) is 0. The van der Waals surface area contributed by atoms with Gasteiger partial charge in [0.15, 0.2) is 0 Å². The Morgan fingerprint density at radius 2 is 2.04 bits per heavy atom. The van der Waals surface area contributed by atoms with Crippen molar-refractivity contribution in [3.05, 3.63) is 35.6 Å². The molecule has 0 aliphatic carbocycles. The number of ether oxygens (including phenoxy) is 1. The molecule has 1 aromatic rings. The predicted octanol–water partition coefficient (Wildman–Crippen LogP) is 0.667. The van der Waals surface area contributed by atoms with Gasteiger partial charge in [-0.3, -0.25) is 14.5 Å². The molecule has 7 nitrogen and oxygen atoms in total. The Hall–Kier alpha value is -2.48. The van der Waals surface area contributed by atoms with Crippen LogP contribution in [-0.4, -0.2) is 60.4 Å². The first-order chi connectivity index (χ1) is 11.5. The molecule has 1 aromatic carbocycles. The van der Waals surface area contributed by atoms with Crippen LogP contribution in [0.15, 0.2) is 24.3 Å². The molecule has 2 fully saturated rings. The molecule has 2 aliphatic rings. The van der Waals surface area contributed by atoms with E-state index in [2.05, 4.69) is 5.32 Å². The molecule has 24 heavy (non-hydrogen) atoms. The minimum atomic E-state index is -0.539. The molecule has 0 unspecified atom stereocenters. The van der Waals surface area contributed by atoms with Crippen LogP contribution in [0.2, 0.25) is 0 Å². The van der Waals surface area contributed by atoms with E-state index in [1.165, 1.54) is 12.1 Å². The van der Waals surface area contributed by atoms with E-state index in [0.29, 0.717) is 26.2 Å². The van der Waals surface area contributed by atoms with Crippen molar-refractivity contribution >= 4 is 17.8 Å². The maximum atomic E-state index is 13.0. The minimum Gasteiger partial charge on any atom is -0.370 e. The van der Waals surface area contributed by atoms with Gasteiger partial charge in [-0.2, -0.15) is 0 Å². The van der Waals surface area contributed by atoms with Gasteiger partial charge in [-0.05, 0) is 17.7 Å². The van der Waals surface area contributed by atoms with E-state index < -0.39 is 6.03 Å². The molecule has 8 heteroatoms. The minimum absolute atomic E-state index is 0.195. The van der Waals surface area contributed by atoms with Crippen molar-refractivity contribution < 1.29 is 23.5 Å². The van der Waals surface area contributed by atoms with Crippen molar-refractivity contribution in [2.75, 3.05) is 32.8 Å². The van der Waals surface area contributed by atoms with E-state index in [0.717, 1.165) is 10.5 Å². The Balaban J connectivity index is 1.63. The van der Waals surface area contributed by atoms with Crippen LogP contribution < -0.4 is 5.32 Å². The van der Waals surface area contributed by atoms with E-state index in [1.54, 1.807) is 17.0 Å². The van der Waals surface area contributed by atoms with Crippen molar-refractivity contribution in [2.45, 2.75) is 12.5 Å². The lowest BCUT2D eigenvalue weighted by molar-refractivity contribution is -0.143. The predicted molar refractivity (Wildman–Crippen MR) is 81.4 cm³/mol. The number of nitrogens with one attached hydrogen (secondary N) is 1. The molecule has 0 saturated carbocycles. The lowest BCUT2D eigenvalue weighted by atomic mass is 10.1. The molecule has 0 spiro atoms. The Labute approximate surface area is 138 Å². The molecule has 128 valence electrons. The maximum Gasteiger partial charge on any atom is 0.324 e. The molecule has 2 heterocycles. The van der Waals surface area contributed by atoms with Crippen molar-refractivity contribution in [3.63, 3.8) is 0 Å². The Morgan fingerprint density at radius 3 is 2.75 bits per heavy atom. The van der Waals surface area contributed by atoms with Crippen molar-refractivity contribution in [3.8, 4) is 0 Å². The number of hydrogen-bond donors (Lipinski definition) is 1. The zero-order chi connectivity index (χ0) is 17.1. The summed E-state index contributed by atoms with van der Waals surface area (Å²) in [6, 6.07) is 5.39.